The molecule has 27 heavy (non-hydrogen) atoms. The van der Waals surface area contributed by atoms with Gasteiger partial charge in [-0.3, -0.25) is 14.6 Å². The summed E-state index contributed by atoms with van der Waals surface area (Å²) in [6.45, 7) is 8.66. The summed E-state index contributed by atoms with van der Waals surface area (Å²) < 4.78 is 26.7. The van der Waals surface area contributed by atoms with E-state index in [-0.39, 0.29) is 10.8 Å². The number of hydrogen-bond donors (Lipinski definition) is 1. The van der Waals surface area contributed by atoms with Crippen molar-refractivity contribution in [2.24, 2.45) is 0 Å². The molecule has 1 aliphatic heterocycles. The highest BCUT2D eigenvalue weighted by Crippen LogP contribution is 2.27. The van der Waals surface area contributed by atoms with Crippen molar-refractivity contribution in [3.63, 3.8) is 0 Å². The van der Waals surface area contributed by atoms with Crippen molar-refractivity contribution in [2.75, 3.05) is 51.1 Å². The summed E-state index contributed by atoms with van der Waals surface area (Å²) in [7, 11) is -3.53. The normalized spacial score (nSPS) is 19.4. The number of carbonyl (C=O) groups excluding carboxylic acids is 1. The topological polar surface area (TPSA) is 73.0 Å². The highest BCUT2D eigenvalue weighted by Gasteiger charge is 2.31. The SMILES string of the molecule is CCN(CC)S(=O)(=O)c1cccc(NC(=O)CN2CCN(C3CC3)CC2)c1. The van der Waals surface area contributed by atoms with Crippen LogP contribution in [0.4, 0.5) is 5.69 Å². The van der Waals surface area contributed by atoms with Crippen LogP contribution in [0.2, 0.25) is 0 Å². The van der Waals surface area contributed by atoms with Gasteiger partial charge in [-0.1, -0.05) is 19.9 Å². The third-order valence-corrected chi connectivity index (χ3v) is 7.34. The highest BCUT2D eigenvalue weighted by atomic mass is 32.2. The minimum Gasteiger partial charge on any atom is -0.325 e. The van der Waals surface area contributed by atoms with E-state index >= 15 is 0 Å². The molecule has 2 aliphatic rings. The smallest absolute Gasteiger partial charge is 0.243 e. The number of anilines is 1. The van der Waals surface area contributed by atoms with Crippen LogP contribution in [0.25, 0.3) is 0 Å². The Bertz CT molecular complexity index is 752. The fraction of sp³-hybridized carbons (Fsp3) is 0.632. The van der Waals surface area contributed by atoms with Crippen molar-refractivity contribution in [3.8, 4) is 0 Å². The second kappa shape index (κ2) is 8.68. The monoisotopic (exact) mass is 394 g/mol. The first-order valence-corrected chi connectivity index (χ1v) is 11.2. The molecule has 1 aromatic carbocycles. The van der Waals surface area contributed by atoms with Gasteiger partial charge in [0.15, 0.2) is 0 Å². The second-order valence-electron chi connectivity index (χ2n) is 7.21. The van der Waals surface area contributed by atoms with Gasteiger partial charge in [-0.15, -0.1) is 0 Å². The Kier molecular flexibility index (Phi) is 6.52. The number of benzene rings is 1. The Labute approximate surface area is 162 Å². The molecule has 7 nitrogen and oxygen atoms in total. The summed E-state index contributed by atoms with van der Waals surface area (Å²) in [4.78, 5) is 17.3. The van der Waals surface area contributed by atoms with E-state index in [0.29, 0.717) is 25.3 Å². The quantitative estimate of drug-likeness (QED) is 0.722. The van der Waals surface area contributed by atoms with E-state index < -0.39 is 10.0 Å². The van der Waals surface area contributed by atoms with Gasteiger partial charge in [0.25, 0.3) is 0 Å². The third-order valence-electron chi connectivity index (χ3n) is 5.30. The molecular formula is C19H30N4O3S. The molecule has 0 radical (unpaired) electrons. The molecule has 1 aromatic rings. The maximum absolute atomic E-state index is 12.6. The maximum Gasteiger partial charge on any atom is 0.243 e. The van der Waals surface area contributed by atoms with Gasteiger partial charge in [-0.2, -0.15) is 4.31 Å². The van der Waals surface area contributed by atoms with E-state index in [0.717, 1.165) is 32.2 Å². The van der Waals surface area contributed by atoms with Crippen LogP contribution in [0.3, 0.4) is 0 Å². The zero-order valence-corrected chi connectivity index (χ0v) is 17.0. The Hall–Kier alpha value is -1.48. The van der Waals surface area contributed by atoms with Gasteiger partial charge >= 0.3 is 0 Å². The lowest BCUT2D eigenvalue weighted by molar-refractivity contribution is -0.117. The Morgan fingerprint density at radius 3 is 2.41 bits per heavy atom. The second-order valence-corrected chi connectivity index (χ2v) is 9.15. The molecule has 3 rings (SSSR count). The van der Waals surface area contributed by atoms with Crippen molar-refractivity contribution in [2.45, 2.75) is 37.6 Å². The van der Waals surface area contributed by atoms with Gasteiger partial charge in [-0.25, -0.2) is 8.42 Å². The van der Waals surface area contributed by atoms with Gasteiger partial charge in [-0.05, 0) is 31.0 Å². The standard InChI is InChI=1S/C19H30N4O3S/c1-3-23(4-2)27(25,26)18-7-5-6-16(14-18)20-19(24)15-21-10-12-22(13-11-21)17-8-9-17/h5-7,14,17H,3-4,8-13,15H2,1-2H3,(H,20,24). The molecule has 0 spiro atoms. The van der Waals surface area contributed by atoms with Crippen LogP contribution in [0.1, 0.15) is 26.7 Å². The largest absolute Gasteiger partial charge is 0.325 e. The van der Waals surface area contributed by atoms with Gasteiger partial charge in [0.2, 0.25) is 15.9 Å². The van der Waals surface area contributed by atoms with Crippen molar-refractivity contribution in [3.05, 3.63) is 24.3 Å². The van der Waals surface area contributed by atoms with Crippen LogP contribution in [0.5, 0.6) is 0 Å². The molecule has 1 aliphatic carbocycles. The lowest BCUT2D eigenvalue weighted by Crippen LogP contribution is -2.49. The van der Waals surface area contributed by atoms with Gasteiger partial charge in [0.1, 0.15) is 0 Å². The fourth-order valence-corrected chi connectivity index (χ4v) is 5.08. The first-order valence-electron chi connectivity index (χ1n) is 9.80. The number of nitrogens with one attached hydrogen (secondary N) is 1. The molecule has 1 saturated carbocycles. The van der Waals surface area contributed by atoms with Crippen LogP contribution >= 0.6 is 0 Å². The highest BCUT2D eigenvalue weighted by molar-refractivity contribution is 7.89. The molecule has 1 N–H and O–H groups in total. The van der Waals surface area contributed by atoms with Crippen LogP contribution in [0, 0.1) is 0 Å². The summed E-state index contributed by atoms with van der Waals surface area (Å²) in [6, 6.07) is 7.28. The van der Waals surface area contributed by atoms with E-state index in [2.05, 4.69) is 15.1 Å². The molecule has 1 saturated heterocycles. The van der Waals surface area contributed by atoms with Crippen LogP contribution < -0.4 is 5.32 Å². The van der Waals surface area contributed by atoms with Crippen molar-refractivity contribution in [1.29, 1.82) is 0 Å². The van der Waals surface area contributed by atoms with Gasteiger partial charge in [0, 0.05) is 51.0 Å². The molecule has 0 bridgehead atoms. The first-order chi connectivity index (χ1) is 12.9. The third kappa shape index (κ3) is 5.07. The summed E-state index contributed by atoms with van der Waals surface area (Å²) in [5, 5.41) is 2.85. The molecule has 150 valence electrons. The predicted octanol–water partition coefficient (Wildman–Crippen LogP) is 1.44. The van der Waals surface area contributed by atoms with Crippen LogP contribution in [-0.2, 0) is 14.8 Å². The predicted molar refractivity (Wildman–Crippen MR) is 106 cm³/mol. The molecule has 1 amide bonds. The number of carbonyl (C=O) groups is 1. The number of rotatable bonds is 8. The summed E-state index contributed by atoms with van der Waals surface area (Å²) in [6.07, 6.45) is 2.63. The number of sulfonamides is 1. The fourth-order valence-electron chi connectivity index (χ4n) is 3.58. The Balaban J connectivity index is 1.56. The summed E-state index contributed by atoms with van der Waals surface area (Å²) in [5.41, 5.74) is 0.518. The van der Waals surface area contributed by atoms with Gasteiger partial charge in [0.05, 0.1) is 11.4 Å². The van der Waals surface area contributed by atoms with Crippen molar-refractivity contribution < 1.29 is 13.2 Å². The van der Waals surface area contributed by atoms with E-state index in [9.17, 15) is 13.2 Å². The number of nitrogens with zero attached hydrogens (tertiary/aromatic N) is 3. The lowest BCUT2D eigenvalue weighted by atomic mass is 10.3. The van der Waals surface area contributed by atoms with Crippen molar-refractivity contribution in [1.82, 2.24) is 14.1 Å². The maximum atomic E-state index is 12.6. The molecule has 0 aromatic heterocycles. The number of amides is 1. The average molecular weight is 395 g/mol. The molecule has 8 heteroatoms. The first kappa shape index (κ1) is 20.3. The lowest BCUT2D eigenvalue weighted by Gasteiger charge is -2.34. The van der Waals surface area contributed by atoms with Gasteiger partial charge < -0.3 is 5.32 Å². The number of hydrogen-bond acceptors (Lipinski definition) is 5. The van der Waals surface area contributed by atoms with E-state index in [4.69, 9.17) is 0 Å². The average Bonchev–Trinajstić information content (AvgIpc) is 3.48. The molecule has 1 heterocycles. The zero-order chi connectivity index (χ0) is 19.4. The van der Waals surface area contributed by atoms with E-state index in [1.807, 2.05) is 13.8 Å². The van der Waals surface area contributed by atoms with E-state index in [1.165, 1.54) is 23.2 Å². The molecular weight excluding hydrogens is 364 g/mol. The number of piperazine rings is 1. The molecule has 0 unspecified atom stereocenters. The zero-order valence-electron chi connectivity index (χ0n) is 16.2. The summed E-state index contributed by atoms with van der Waals surface area (Å²) >= 11 is 0. The molecule has 0 atom stereocenters. The van der Waals surface area contributed by atoms with Crippen molar-refractivity contribution >= 4 is 21.6 Å². The Morgan fingerprint density at radius 1 is 1.15 bits per heavy atom. The minimum absolute atomic E-state index is 0.104. The Morgan fingerprint density at radius 2 is 1.81 bits per heavy atom. The molecule has 2 fully saturated rings. The summed E-state index contributed by atoms with van der Waals surface area (Å²) in [5.74, 6) is -0.104. The van der Waals surface area contributed by atoms with E-state index in [1.54, 1.807) is 18.2 Å². The van der Waals surface area contributed by atoms with Crippen LogP contribution in [0.15, 0.2) is 29.2 Å². The minimum atomic E-state index is -3.53. The van der Waals surface area contributed by atoms with Crippen LogP contribution in [-0.4, -0.2) is 80.3 Å².